The van der Waals surface area contributed by atoms with Crippen molar-refractivity contribution in [3.63, 3.8) is 0 Å². The van der Waals surface area contributed by atoms with Crippen molar-refractivity contribution in [1.29, 1.82) is 5.26 Å². The van der Waals surface area contributed by atoms with Gasteiger partial charge in [0.25, 0.3) is 0 Å². The molecule has 0 radical (unpaired) electrons. The van der Waals surface area contributed by atoms with Gasteiger partial charge in [-0.3, -0.25) is 9.59 Å². The molecule has 2 aromatic rings. The molecule has 2 aromatic carbocycles. The summed E-state index contributed by atoms with van der Waals surface area (Å²) >= 11 is 11.9. The molecular formula is C18H13Cl2N3O2. The minimum atomic E-state index is -0.522. The van der Waals surface area contributed by atoms with Gasteiger partial charge in [-0.15, -0.1) is 0 Å². The fourth-order valence-electron chi connectivity index (χ4n) is 2.75. The molecule has 1 aliphatic rings. The van der Waals surface area contributed by atoms with E-state index in [1.165, 1.54) is 11.0 Å². The molecule has 1 aliphatic heterocycles. The molecule has 25 heavy (non-hydrogen) atoms. The number of nitriles is 1. The van der Waals surface area contributed by atoms with Crippen LogP contribution in [-0.4, -0.2) is 18.4 Å². The van der Waals surface area contributed by atoms with Crippen molar-refractivity contribution in [3.05, 3.63) is 58.1 Å². The third kappa shape index (κ3) is 3.60. The summed E-state index contributed by atoms with van der Waals surface area (Å²) in [4.78, 5) is 26.3. The van der Waals surface area contributed by atoms with E-state index in [1.54, 1.807) is 36.4 Å². The highest BCUT2D eigenvalue weighted by Gasteiger charge is 2.36. The Balaban J connectivity index is 1.76. The van der Waals surface area contributed by atoms with Gasteiger partial charge in [-0.25, -0.2) is 0 Å². The van der Waals surface area contributed by atoms with E-state index >= 15 is 0 Å². The monoisotopic (exact) mass is 373 g/mol. The molecule has 1 atom stereocenters. The number of nitrogens with one attached hydrogen (secondary N) is 1. The summed E-state index contributed by atoms with van der Waals surface area (Å²) in [5.41, 5.74) is 1.37. The van der Waals surface area contributed by atoms with Crippen molar-refractivity contribution in [1.82, 2.24) is 0 Å². The number of carbonyl (C=O) groups is 2. The first-order valence-electron chi connectivity index (χ1n) is 7.55. The molecule has 1 fully saturated rings. The molecule has 1 heterocycles. The van der Waals surface area contributed by atoms with Crippen molar-refractivity contribution in [2.45, 2.75) is 6.42 Å². The van der Waals surface area contributed by atoms with Crippen LogP contribution in [0.2, 0.25) is 10.0 Å². The molecular weight excluding hydrogens is 361 g/mol. The van der Waals surface area contributed by atoms with E-state index in [1.807, 2.05) is 0 Å². The molecule has 7 heteroatoms. The number of nitrogens with zero attached hydrogens (tertiary/aromatic N) is 2. The third-order valence-electron chi connectivity index (χ3n) is 4.00. The van der Waals surface area contributed by atoms with Crippen LogP contribution in [0.1, 0.15) is 12.0 Å². The lowest BCUT2D eigenvalue weighted by Crippen LogP contribution is -2.28. The fourth-order valence-corrected chi connectivity index (χ4v) is 3.20. The number of hydrogen-bond donors (Lipinski definition) is 1. The van der Waals surface area contributed by atoms with Gasteiger partial charge in [0.15, 0.2) is 0 Å². The molecule has 1 unspecified atom stereocenters. The number of amides is 2. The first-order valence-corrected chi connectivity index (χ1v) is 8.30. The van der Waals surface area contributed by atoms with Crippen LogP contribution in [0.15, 0.2) is 42.5 Å². The Labute approximate surface area is 154 Å². The van der Waals surface area contributed by atoms with Crippen molar-refractivity contribution in [2.75, 3.05) is 16.8 Å². The number of halogens is 2. The van der Waals surface area contributed by atoms with Crippen LogP contribution in [0, 0.1) is 17.2 Å². The molecule has 0 aromatic heterocycles. The molecule has 2 amide bonds. The molecule has 5 nitrogen and oxygen atoms in total. The van der Waals surface area contributed by atoms with E-state index in [2.05, 4.69) is 11.4 Å². The van der Waals surface area contributed by atoms with Crippen molar-refractivity contribution in [3.8, 4) is 6.07 Å². The van der Waals surface area contributed by atoms with Gasteiger partial charge in [0.05, 0.1) is 27.9 Å². The molecule has 0 saturated carbocycles. The first kappa shape index (κ1) is 17.3. The lowest BCUT2D eigenvalue weighted by Gasteiger charge is -2.18. The standard InChI is InChI=1S/C18H13Cl2N3O2/c19-13-5-6-15(14(20)8-13)22-18(25)12-7-17(24)23(10-12)16-4-2-1-3-11(16)9-21/h1-6,8,12H,7,10H2,(H,22,25). The summed E-state index contributed by atoms with van der Waals surface area (Å²) in [6.45, 7) is 0.217. The Morgan fingerprint density at radius 2 is 2.00 bits per heavy atom. The lowest BCUT2D eigenvalue weighted by molar-refractivity contribution is -0.122. The average molecular weight is 374 g/mol. The van der Waals surface area contributed by atoms with E-state index in [9.17, 15) is 14.9 Å². The highest BCUT2D eigenvalue weighted by Crippen LogP contribution is 2.30. The maximum absolute atomic E-state index is 12.5. The van der Waals surface area contributed by atoms with Gasteiger partial charge in [-0.2, -0.15) is 5.26 Å². The molecule has 0 spiro atoms. The van der Waals surface area contributed by atoms with Crippen LogP contribution in [-0.2, 0) is 9.59 Å². The zero-order valence-corrected chi connectivity index (χ0v) is 14.5. The van der Waals surface area contributed by atoms with Crippen LogP contribution in [0.5, 0.6) is 0 Å². The zero-order chi connectivity index (χ0) is 18.0. The Bertz CT molecular complexity index is 892. The Morgan fingerprint density at radius 3 is 2.72 bits per heavy atom. The Morgan fingerprint density at radius 1 is 1.24 bits per heavy atom. The van der Waals surface area contributed by atoms with Crippen molar-refractivity contribution in [2.24, 2.45) is 5.92 Å². The summed E-state index contributed by atoms with van der Waals surface area (Å²) < 4.78 is 0. The number of benzene rings is 2. The van der Waals surface area contributed by atoms with Gasteiger partial charge in [0.2, 0.25) is 11.8 Å². The number of anilines is 2. The van der Waals surface area contributed by atoms with Gasteiger partial charge in [-0.05, 0) is 30.3 Å². The second-order valence-electron chi connectivity index (χ2n) is 5.65. The lowest BCUT2D eigenvalue weighted by atomic mass is 10.1. The largest absolute Gasteiger partial charge is 0.324 e. The quantitative estimate of drug-likeness (QED) is 0.887. The maximum atomic E-state index is 12.5. The van der Waals surface area contributed by atoms with Crippen LogP contribution < -0.4 is 10.2 Å². The Hall–Kier alpha value is -2.55. The fraction of sp³-hybridized carbons (Fsp3) is 0.167. The second-order valence-corrected chi connectivity index (χ2v) is 6.49. The molecule has 0 bridgehead atoms. The van der Waals surface area contributed by atoms with Gasteiger partial charge in [0, 0.05) is 18.0 Å². The van der Waals surface area contributed by atoms with E-state index < -0.39 is 5.92 Å². The van der Waals surface area contributed by atoms with Crippen molar-refractivity contribution < 1.29 is 9.59 Å². The molecule has 126 valence electrons. The van der Waals surface area contributed by atoms with E-state index in [4.69, 9.17) is 23.2 Å². The smallest absolute Gasteiger partial charge is 0.229 e. The van der Waals surface area contributed by atoms with E-state index in [0.29, 0.717) is 27.0 Å². The minimum absolute atomic E-state index is 0.0802. The first-order chi connectivity index (χ1) is 12.0. The summed E-state index contributed by atoms with van der Waals surface area (Å²) in [6.07, 6.45) is 0.0802. The SMILES string of the molecule is N#Cc1ccccc1N1CC(C(=O)Nc2ccc(Cl)cc2Cl)CC1=O. The van der Waals surface area contributed by atoms with E-state index in [0.717, 1.165) is 0 Å². The van der Waals surface area contributed by atoms with Crippen LogP contribution in [0.25, 0.3) is 0 Å². The zero-order valence-electron chi connectivity index (χ0n) is 13.0. The number of rotatable bonds is 3. The van der Waals surface area contributed by atoms with Gasteiger partial charge < -0.3 is 10.2 Å². The summed E-state index contributed by atoms with van der Waals surface area (Å²) in [7, 11) is 0. The highest BCUT2D eigenvalue weighted by atomic mass is 35.5. The third-order valence-corrected chi connectivity index (χ3v) is 4.55. The van der Waals surface area contributed by atoms with Crippen LogP contribution in [0.4, 0.5) is 11.4 Å². The molecule has 1 saturated heterocycles. The van der Waals surface area contributed by atoms with E-state index in [-0.39, 0.29) is 24.8 Å². The molecule has 3 rings (SSSR count). The summed E-state index contributed by atoms with van der Waals surface area (Å²) in [5, 5.41) is 12.7. The normalized spacial score (nSPS) is 16.6. The number of carbonyl (C=O) groups excluding carboxylic acids is 2. The summed E-state index contributed by atoms with van der Waals surface area (Å²) in [6, 6.07) is 13.7. The minimum Gasteiger partial charge on any atom is -0.324 e. The Kier molecular flexibility index (Phi) is 4.93. The molecule has 1 N–H and O–H groups in total. The average Bonchev–Trinajstić information content (AvgIpc) is 2.99. The number of hydrogen-bond acceptors (Lipinski definition) is 3. The predicted octanol–water partition coefficient (Wildman–Crippen LogP) is 3.86. The van der Waals surface area contributed by atoms with Crippen molar-refractivity contribution >= 4 is 46.4 Å². The topological polar surface area (TPSA) is 73.2 Å². The molecule has 0 aliphatic carbocycles. The predicted molar refractivity (Wildman–Crippen MR) is 96.7 cm³/mol. The van der Waals surface area contributed by atoms with Gasteiger partial charge >= 0.3 is 0 Å². The van der Waals surface area contributed by atoms with Gasteiger partial charge in [0.1, 0.15) is 6.07 Å². The van der Waals surface area contributed by atoms with Crippen LogP contribution >= 0.6 is 23.2 Å². The van der Waals surface area contributed by atoms with Gasteiger partial charge in [-0.1, -0.05) is 35.3 Å². The van der Waals surface area contributed by atoms with Crippen LogP contribution in [0.3, 0.4) is 0 Å². The second kappa shape index (κ2) is 7.14. The summed E-state index contributed by atoms with van der Waals surface area (Å²) in [5.74, 6) is -1.01. The highest BCUT2D eigenvalue weighted by molar-refractivity contribution is 6.36. The number of para-hydroxylation sites is 1. The maximum Gasteiger partial charge on any atom is 0.229 e.